The van der Waals surface area contributed by atoms with Gasteiger partial charge >= 0.3 is 11.9 Å². The van der Waals surface area contributed by atoms with E-state index in [1.165, 1.54) is 14.2 Å². The van der Waals surface area contributed by atoms with Crippen molar-refractivity contribution in [2.75, 3.05) is 27.4 Å². The average Bonchev–Trinajstić information content (AvgIpc) is 2.57. The molecule has 0 N–H and O–H groups in total. The Morgan fingerprint density at radius 2 is 0.913 bits per heavy atom. The van der Waals surface area contributed by atoms with Gasteiger partial charge in [-0.05, 0) is 25.7 Å². The Labute approximate surface area is 141 Å². The van der Waals surface area contributed by atoms with E-state index in [9.17, 15) is 9.59 Å². The summed E-state index contributed by atoms with van der Waals surface area (Å²) in [5.74, 6) is -0.225. The van der Waals surface area contributed by atoms with Crippen molar-refractivity contribution in [2.45, 2.75) is 77.0 Å². The SMILES string of the molecule is COC(=O)CCCCCCCOCCCCCCCC(=O)OC. The van der Waals surface area contributed by atoms with Gasteiger partial charge in [-0.2, -0.15) is 0 Å². The quantitative estimate of drug-likeness (QED) is 0.316. The number of hydrogen-bond donors (Lipinski definition) is 0. The fraction of sp³-hybridized carbons (Fsp3) is 0.889. The van der Waals surface area contributed by atoms with Crippen LogP contribution >= 0.6 is 0 Å². The maximum atomic E-state index is 10.9. The lowest BCUT2D eigenvalue weighted by molar-refractivity contribution is -0.141. The Hall–Kier alpha value is -1.10. The molecule has 0 bridgehead atoms. The van der Waals surface area contributed by atoms with E-state index in [-0.39, 0.29) is 11.9 Å². The number of unbranched alkanes of at least 4 members (excludes halogenated alkanes) is 8. The summed E-state index contributed by atoms with van der Waals surface area (Å²) in [6.07, 6.45) is 11.9. The second-order valence-electron chi connectivity index (χ2n) is 5.80. The predicted octanol–water partition coefficient (Wildman–Crippen LogP) is 4.03. The van der Waals surface area contributed by atoms with Gasteiger partial charge in [0.1, 0.15) is 0 Å². The molecule has 0 rings (SSSR count). The summed E-state index contributed by atoms with van der Waals surface area (Å²) in [6.45, 7) is 1.67. The standard InChI is InChI=1S/C18H34O5/c1-21-17(19)13-9-5-3-7-11-15-23-16-12-8-4-6-10-14-18(20)22-2/h3-16H2,1-2H3. The Bertz CT molecular complexity index is 263. The molecule has 0 aromatic rings. The predicted molar refractivity (Wildman–Crippen MR) is 90.3 cm³/mol. The van der Waals surface area contributed by atoms with E-state index in [4.69, 9.17) is 4.74 Å². The summed E-state index contributed by atoms with van der Waals surface area (Å²) in [5, 5.41) is 0. The summed E-state index contributed by atoms with van der Waals surface area (Å²) in [4.78, 5) is 21.8. The maximum Gasteiger partial charge on any atom is 0.305 e. The van der Waals surface area contributed by atoms with E-state index < -0.39 is 0 Å². The highest BCUT2D eigenvalue weighted by molar-refractivity contribution is 5.69. The number of esters is 2. The first-order chi connectivity index (χ1) is 11.2. The van der Waals surface area contributed by atoms with Crippen molar-refractivity contribution in [3.63, 3.8) is 0 Å². The average molecular weight is 330 g/mol. The Morgan fingerprint density at radius 1 is 0.565 bits per heavy atom. The number of carbonyl (C=O) groups is 2. The van der Waals surface area contributed by atoms with Crippen molar-refractivity contribution in [1.82, 2.24) is 0 Å². The molecule has 0 saturated heterocycles. The lowest BCUT2D eigenvalue weighted by atomic mass is 10.1. The highest BCUT2D eigenvalue weighted by Crippen LogP contribution is 2.08. The van der Waals surface area contributed by atoms with Crippen LogP contribution in [0.25, 0.3) is 0 Å². The lowest BCUT2D eigenvalue weighted by Crippen LogP contribution is -2.00. The van der Waals surface area contributed by atoms with Gasteiger partial charge in [0.05, 0.1) is 14.2 Å². The molecule has 0 radical (unpaired) electrons. The number of hydrogen-bond acceptors (Lipinski definition) is 5. The van der Waals surface area contributed by atoms with Crippen molar-refractivity contribution in [1.29, 1.82) is 0 Å². The molecular weight excluding hydrogens is 296 g/mol. The zero-order chi connectivity index (χ0) is 17.2. The molecule has 23 heavy (non-hydrogen) atoms. The van der Waals surface area contributed by atoms with Crippen LogP contribution in [0.2, 0.25) is 0 Å². The zero-order valence-corrected chi connectivity index (χ0v) is 14.9. The van der Waals surface area contributed by atoms with Crippen molar-refractivity contribution in [2.24, 2.45) is 0 Å². The summed E-state index contributed by atoms with van der Waals surface area (Å²) in [6, 6.07) is 0. The molecule has 0 heterocycles. The molecule has 0 aliphatic rings. The molecule has 0 amide bonds. The monoisotopic (exact) mass is 330 g/mol. The highest BCUT2D eigenvalue weighted by Gasteiger charge is 2.00. The van der Waals surface area contributed by atoms with Crippen molar-refractivity contribution >= 4 is 11.9 Å². The van der Waals surface area contributed by atoms with Gasteiger partial charge in [0, 0.05) is 26.1 Å². The number of ether oxygens (including phenoxy) is 3. The minimum Gasteiger partial charge on any atom is -0.469 e. The van der Waals surface area contributed by atoms with E-state index in [2.05, 4.69) is 9.47 Å². The fourth-order valence-corrected chi connectivity index (χ4v) is 2.31. The first-order valence-corrected chi connectivity index (χ1v) is 8.92. The summed E-state index contributed by atoms with van der Waals surface area (Å²) >= 11 is 0. The van der Waals surface area contributed by atoms with Crippen molar-refractivity contribution in [3.05, 3.63) is 0 Å². The van der Waals surface area contributed by atoms with Gasteiger partial charge in [-0.15, -0.1) is 0 Å². The minimum atomic E-state index is -0.112. The Balaban J connectivity index is 3.05. The van der Waals surface area contributed by atoms with E-state index in [0.717, 1.165) is 77.4 Å². The zero-order valence-electron chi connectivity index (χ0n) is 14.9. The molecule has 0 aliphatic heterocycles. The molecule has 0 unspecified atom stereocenters. The molecule has 5 nitrogen and oxygen atoms in total. The van der Waals surface area contributed by atoms with Crippen molar-refractivity contribution < 1.29 is 23.8 Å². The molecule has 0 atom stereocenters. The summed E-state index contributed by atoms with van der Waals surface area (Å²) in [7, 11) is 2.87. The van der Waals surface area contributed by atoms with E-state index in [1.54, 1.807) is 0 Å². The van der Waals surface area contributed by atoms with E-state index in [0.29, 0.717) is 12.8 Å². The molecule has 0 saturated carbocycles. The molecule has 5 heteroatoms. The van der Waals surface area contributed by atoms with Gasteiger partial charge in [-0.1, -0.05) is 38.5 Å². The molecule has 0 fully saturated rings. The Morgan fingerprint density at radius 3 is 1.30 bits per heavy atom. The molecular formula is C18H34O5. The van der Waals surface area contributed by atoms with Crippen LogP contribution in [0.1, 0.15) is 77.0 Å². The third kappa shape index (κ3) is 17.1. The molecule has 0 aromatic heterocycles. The Kier molecular flexibility index (Phi) is 16.4. The normalized spacial score (nSPS) is 10.5. The highest BCUT2D eigenvalue weighted by atomic mass is 16.5. The third-order valence-corrected chi connectivity index (χ3v) is 3.79. The van der Waals surface area contributed by atoms with Crippen LogP contribution < -0.4 is 0 Å². The lowest BCUT2D eigenvalue weighted by Gasteiger charge is -2.05. The number of rotatable bonds is 16. The molecule has 0 aromatic carbocycles. The van der Waals surface area contributed by atoms with Crippen LogP contribution in [0.4, 0.5) is 0 Å². The first kappa shape index (κ1) is 21.9. The van der Waals surface area contributed by atoms with Crippen molar-refractivity contribution in [3.8, 4) is 0 Å². The van der Waals surface area contributed by atoms with Crippen LogP contribution in [-0.2, 0) is 23.8 Å². The first-order valence-electron chi connectivity index (χ1n) is 8.92. The smallest absolute Gasteiger partial charge is 0.305 e. The fourth-order valence-electron chi connectivity index (χ4n) is 2.31. The molecule has 136 valence electrons. The van der Waals surface area contributed by atoms with Gasteiger partial charge in [-0.3, -0.25) is 9.59 Å². The van der Waals surface area contributed by atoms with Gasteiger partial charge < -0.3 is 14.2 Å². The van der Waals surface area contributed by atoms with Gasteiger partial charge in [0.15, 0.2) is 0 Å². The van der Waals surface area contributed by atoms with E-state index >= 15 is 0 Å². The van der Waals surface area contributed by atoms with Crippen LogP contribution in [0.3, 0.4) is 0 Å². The van der Waals surface area contributed by atoms with Gasteiger partial charge in [0.25, 0.3) is 0 Å². The van der Waals surface area contributed by atoms with Gasteiger partial charge in [0.2, 0.25) is 0 Å². The van der Waals surface area contributed by atoms with Crippen LogP contribution in [-0.4, -0.2) is 39.4 Å². The summed E-state index contributed by atoms with van der Waals surface area (Å²) < 4.78 is 14.8. The van der Waals surface area contributed by atoms with Crippen LogP contribution in [0.15, 0.2) is 0 Å². The van der Waals surface area contributed by atoms with Crippen LogP contribution in [0.5, 0.6) is 0 Å². The van der Waals surface area contributed by atoms with E-state index in [1.807, 2.05) is 0 Å². The third-order valence-electron chi connectivity index (χ3n) is 3.79. The van der Waals surface area contributed by atoms with Gasteiger partial charge in [-0.25, -0.2) is 0 Å². The second-order valence-corrected chi connectivity index (χ2v) is 5.80. The summed E-state index contributed by atoms with van der Waals surface area (Å²) in [5.41, 5.74) is 0. The molecule has 0 spiro atoms. The topological polar surface area (TPSA) is 61.8 Å². The maximum absolute atomic E-state index is 10.9. The number of methoxy groups -OCH3 is 2. The number of carbonyl (C=O) groups excluding carboxylic acids is 2. The van der Waals surface area contributed by atoms with Crippen LogP contribution in [0, 0.1) is 0 Å². The largest absolute Gasteiger partial charge is 0.469 e. The minimum absolute atomic E-state index is 0.112. The molecule has 0 aliphatic carbocycles. The second kappa shape index (κ2) is 17.3.